The number of nitrogen functional groups attached to an aromatic ring is 1. The number of benzene rings is 2. The summed E-state index contributed by atoms with van der Waals surface area (Å²) in [5, 5.41) is 5.20. The molecular weight excluding hydrogens is 384 g/mol. The standard InChI is InChI=1S/C16H12F2N2O4.C2H7N.C2H6/c17-16(18)23-13-6-5-11(7-14(13)24-16)20-15(22)8-12(21)9-1-3-10(19)4-2-9;1-3-2;1-2/h1-7H,8,19H2,(H,20,22);3H,1-2H3;1-2H3. The van der Waals surface area contributed by atoms with Crippen LogP contribution in [0, 0.1) is 0 Å². The first kappa shape index (κ1) is 23.8. The van der Waals surface area contributed by atoms with Gasteiger partial charge in [0.25, 0.3) is 0 Å². The van der Waals surface area contributed by atoms with Crippen LogP contribution in [0.3, 0.4) is 0 Å². The Labute approximate surface area is 168 Å². The molecule has 1 aliphatic rings. The van der Waals surface area contributed by atoms with E-state index in [9.17, 15) is 18.4 Å². The van der Waals surface area contributed by atoms with Crippen molar-refractivity contribution in [2.45, 2.75) is 26.6 Å². The number of alkyl halides is 2. The molecule has 9 heteroatoms. The SMILES string of the molecule is CC.CNC.Nc1ccc(C(=O)CC(=O)Nc2ccc3c(c2)OC(F)(F)O3)cc1. The zero-order valence-electron chi connectivity index (χ0n) is 16.7. The lowest BCUT2D eigenvalue weighted by atomic mass is 10.1. The van der Waals surface area contributed by atoms with E-state index in [0.717, 1.165) is 0 Å². The van der Waals surface area contributed by atoms with E-state index in [1.165, 1.54) is 30.3 Å². The number of halogens is 2. The lowest BCUT2D eigenvalue weighted by Crippen LogP contribution is -2.25. The highest BCUT2D eigenvalue weighted by Gasteiger charge is 2.43. The lowest BCUT2D eigenvalue weighted by Gasteiger charge is -2.06. The van der Waals surface area contributed by atoms with E-state index in [1.54, 1.807) is 12.1 Å². The van der Waals surface area contributed by atoms with Crippen LogP contribution in [0.1, 0.15) is 30.6 Å². The van der Waals surface area contributed by atoms with Crippen molar-refractivity contribution in [3.63, 3.8) is 0 Å². The van der Waals surface area contributed by atoms with Gasteiger partial charge in [0.1, 0.15) is 0 Å². The number of nitrogens with two attached hydrogens (primary N) is 1. The summed E-state index contributed by atoms with van der Waals surface area (Å²) >= 11 is 0. The largest absolute Gasteiger partial charge is 0.586 e. The van der Waals surface area contributed by atoms with Crippen molar-refractivity contribution < 1.29 is 27.8 Å². The Bertz CT molecular complexity index is 827. The fraction of sp³-hybridized carbons (Fsp3) is 0.300. The fourth-order valence-electron chi connectivity index (χ4n) is 2.15. The number of hydrogen-bond donors (Lipinski definition) is 3. The molecule has 0 atom stereocenters. The molecule has 0 aliphatic carbocycles. The lowest BCUT2D eigenvalue weighted by molar-refractivity contribution is -0.286. The summed E-state index contributed by atoms with van der Waals surface area (Å²) in [4.78, 5) is 23.9. The van der Waals surface area contributed by atoms with Crippen LogP contribution in [0.5, 0.6) is 11.5 Å². The van der Waals surface area contributed by atoms with E-state index >= 15 is 0 Å². The molecule has 0 fully saturated rings. The summed E-state index contributed by atoms with van der Waals surface area (Å²) < 4.78 is 34.4. The van der Waals surface area contributed by atoms with Gasteiger partial charge < -0.3 is 25.8 Å². The second-order valence-electron chi connectivity index (χ2n) is 5.60. The van der Waals surface area contributed by atoms with Crippen molar-refractivity contribution in [1.82, 2.24) is 5.32 Å². The first-order valence-electron chi connectivity index (χ1n) is 8.91. The molecule has 0 unspecified atom stereocenters. The molecule has 0 saturated carbocycles. The van der Waals surface area contributed by atoms with Crippen molar-refractivity contribution in [2.75, 3.05) is 25.1 Å². The van der Waals surface area contributed by atoms with Gasteiger partial charge in [0.15, 0.2) is 17.3 Å². The highest BCUT2D eigenvalue weighted by molar-refractivity contribution is 6.11. The number of hydrogen-bond acceptors (Lipinski definition) is 6. The maximum absolute atomic E-state index is 12.9. The number of carbonyl (C=O) groups excluding carboxylic acids is 2. The maximum atomic E-state index is 12.9. The normalized spacial score (nSPS) is 12.6. The summed E-state index contributed by atoms with van der Waals surface area (Å²) in [6, 6.07) is 9.97. The number of nitrogens with one attached hydrogen (secondary N) is 2. The van der Waals surface area contributed by atoms with Gasteiger partial charge in [-0.2, -0.15) is 0 Å². The topological polar surface area (TPSA) is 103 Å². The second kappa shape index (κ2) is 11.0. The molecule has 1 heterocycles. The van der Waals surface area contributed by atoms with Crippen LogP contribution in [0.25, 0.3) is 0 Å². The zero-order valence-corrected chi connectivity index (χ0v) is 16.7. The monoisotopic (exact) mass is 409 g/mol. The van der Waals surface area contributed by atoms with Crippen molar-refractivity contribution in [1.29, 1.82) is 0 Å². The molecule has 1 amide bonds. The molecule has 0 aromatic heterocycles. The maximum Gasteiger partial charge on any atom is 0.586 e. The highest BCUT2D eigenvalue weighted by Crippen LogP contribution is 2.42. The predicted octanol–water partition coefficient (Wildman–Crippen LogP) is 3.66. The summed E-state index contributed by atoms with van der Waals surface area (Å²) in [5.41, 5.74) is 6.60. The quantitative estimate of drug-likeness (QED) is 0.405. The number of ether oxygens (including phenoxy) is 2. The molecule has 1 aliphatic heterocycles. The zero-order chi connectivity index (χ0) is 22.0. The van der Waals surface area contributed by atoms with Crippen LogP contribution in [-0.2, 0) is 4.79 Å². The van der Waals surface area contributed by atoms with E-state index in [4.69, 9.17) is 5.73 Å². The third kappa shape index (κ3) is 7.38. The van der Waals surface area contributed by atoms with Gasteiger partial charge in [0.2, 0.25) is 5.91 Å². The van der Waals surface area contributed by atoms with E-state index in [-0.39, 0.29) is 23.0 Å². The van der Waals surface area contributed by atoms with Gasteiger partial charge in [-0.05, 0) is 50.5 Å². The molecule has 4 N–H and O–H groups in total. The van der Waals surface area contributed by atoms with Gasteiger partial charge in [-0.25, -0.2) is 0 Å². The van der Waals surface area contributed by atoms with Gasteiger partial charge in [-0.1, -0.05) is 13.8 Å². The van der Waals surface area contributed by atoms with Crippen LogP contribution in [0.4, 0.5) is 20.2 Å². The summed E-state index contributed by atoms with van der Waals surface area (Å²) in [5.74, 6) is -1.29. The van der Waals surface area contributed by atoms with Crippen LogP contribution < -0.4 is 25.8 Å². The van der Waals surface area contributed by atoms with E-state index in [2.05, 4.69) is 20.1 Å². The van der Waals surface area contributed by atoms with Gasteiger partial charge >= 0.3 is 6.29 Å². The third-order valence-corrected chi connectivity index (χ3v) is 3.24. The number of carbonyl (C=O) groups is 2. The molecule has 3 rings (SSSR count). The third-order valence-electron chi connectivity index (χ3n) is 3.24. The Morgan fingerprint density at radius 2 is 1.55 bits per heavy atom. The predicted molar refractivity (Wildman–Crippen MR) is 107 cm³/mol. The van der Waals surface area contributed by atoms with Gasteiger partial charge in [-0.3, -0.25) is 9.59 Å². The van der Waals surface area contributed by atoms with Gasteiger partial charge in [0.05, 0.1) is 6.42 Å². The van der Waals surface area contributed by atoms with Crippen molar-refractivity contribution in [3.8, 4) is 11.5 Å². The highest BCUT2D eigenvalue weighted by atomic mass is 19.3. The number of amides is 1. The number of fused-ring (bicyclic) bond motifs is 1. The first-order valence-corrected chi connectivity index (χ1v) is 8.91. The molecular formula is C20H25F2N3O4. The van der Waals surface area contributed by atoms with Gasteiger partial charge in [0, 0.05) is 23.0 Å². The molecule has 158 valence electrons. The number of Topliss-reactive ketones (excluding diaryl/α,β-unsaturated/α-hetero) is 1. The minimum absolute atomic E-state index is 0.129. The molecule has 0 spiro atoms. The van der Waals surface area contributed by atoms with E-state index in [0.29, 0.717) is 11.3 Å². The Hall–Kier alpha value is -3.20. The van der Waals surface area contributed by atoms with Gasteiger partial charge in [-0.15, -0.1) is 8.78 Å². The molecule has 0 bridgehead atoms. The first-order chi connectivity index (χ1) is 13.7. The summed E-state index contributed by atoms with van der Waals surface area (Å²) in [7, 11) is 3.75. The molecule has 2 aromatic rings. The van der Waals surface area contributed by atoms with E-state index < -0.39 is 18.6 Å². The molecule has 2 aromatic carbocycles. The van der Waals surface area contributed by atoms with Crippen molar-refractivity contribution in [3.05, 3.63) is 48.0 Å². The summed E-state index contributed by atoms with van der Waals surface area (Å²) in [6.07, 6.45) is -4.12. The van der Waals surface area contributed by atoms with Crippen molar-refractivity contribution in [2.24, 2.45) is 0 Å². The Balaban J connectivity index is 0.000000771. The van der Waals surface area contributed by atoms with E-state index in [1.807, 2.05) is 27.9 Å². The van der Waals surface area contributed by atoms with Crippen LogP contribution >= 0.6 is 0 Å². The Morgan fingerprint density at radius 1 is 1.00 bits per heavy atom. The average Bonchev–Trinajstić information content (AvgIpc) is 2.97. The number of rotatable bonds is 4. The fourth-order valence-corrected chi connectivity index (χ4v) is 2.15. The average molecular weight is 409 g/mol. The molecule has 0 saturated heterocycles. The Kier molecular flexibility index (Phi) is 9.01. The molecule has 0 radical (unpaired) electrons. The second-order valence-corrected chi connectivity index (χ2v) is 5.60. The van der Waals surface area contributed by atoms with Crippen LogP contribution in [0.15, 0.2) is 42.5 Å². The number of anilines is 2. The molecule has 29 heavy (non-hydrogen) atoms. The smallest absolute Gasteiger partial charge is 0.399 e. The minimum atomic E-state index is -3.73. The Morgan fingerprint density at radius 3 is 2.14 bits per heavy atom. The van der Waals surface area contributed by atoms with Crippen molar-refractivity contribution >= 4 is 23.1 Å². The minimum Gasteiger partial charge on any atom is -0.399 e. The molecule has 7 nitrogen and oxygen atoms in total. The number of ketones is 1. The summed E-state index contributed by atoms with van der Waals surface area (Å²) in [6.45, 7) is 4.00. The van der Waals surface area contributed by atoms with Crippen LogP contribution in [0.2, 0.25) is 0 Å². The van der Waals surface area contributed by atoms with Crippen LogP contribution in [-0.4, -0.2) is 32.1 Å².